The number of methoxy groups -OCH3 is 1. The van der Waals surface area contributed by atoms with E-state index in [9.17, 15) is 13.2 Å². The van der Waals surface area contributed by atoms with E-state index in [0.717, 1.165) is 6.42 Å². The summed E-state index contributed by atoms with van der Waals surface area (Å²) in [7, 11) is -1.64. The summed E-state index contributed by atoms with van der Waals surface area (Å²) in [5.74, 6) is 0.540. The Bertz CT molecular complexity index is 601. The number of sulfonamides is 1. The highest BCUT2D eigenvalue weighted by Gasteiger charge is 2.25. The van der Waals surface area contributed by atoms with E-state index in [-0.39, 0.29) is 24.6 Å². The molecule has 0 radical (unpaired) electrons. The van der Waals surface area contributed by atoms with Crippen LogP contribution in [0.1, 0.15) is 19.3 Å². The van der Waals surface area contributed by atoms with E-state index in [2.05, 4.69) is 5.32 Å². The first-order chi connectivity index (χ1) is 10.0. The average Bonchev–Trinajstić information content (AvgIpc) is 2.46. The molecule has 0 aromatic heterocycles. The predicted octanol–water partition coefficient (Wildman–Crippen LogP) is 1.45. The average molecular weight is 312 g/mol. The minimum absolute atomic E-state index is 0.136. The van der Waals surface area contributed by atoms with Crippen LogP contribution in [0, 0.1) is 0 Å². The third-order valence-corrected chi connectivity index (χ3v) is 5.38. The summed E-state index contributed by atoms with van der Waals surface area (Å²) in [5.41, 5.74) is 0.589. The smallest absolute Gasteiger partial charge is 0.225 e. The number of nitrogens with one attached hydrogen (secondary N) is 1. The topological polar surface area (TPSA) is 75.7 Å². The van der Waals surface area contributed by atoms with Crippen molar-refractivity contribution in [2.24, 2.45) is 0 Å². The number of rotatable bonds is 5. The summed E-state index contributed by atoms with van der Waals surface area (Å²) in [6.07, 6.45) is 1.69. The number of hydrogen-bond donors (Lipinski definition) is 1. The van der Waals surface area contributed by atoms with Crippen LogP contribution in [-0.2, 0) is 14.8 Å². The summed E-state index contributed by atoms with van der Waals surface area (Å²) in [5, 5.41) is 2.74. The van der Waals surface area contributed by atoms with Gasteiger partial charge in [-0.3, -0.25) is 4.79 Å². The zero-order valence-electron chi connectivity index (χ0n) is 12.0. The molecule has 1 heterocycles. The maximum Gasteiger partial charge on any atom is 0.225 e. The molecule has 1 saturated heterocycles. The van der Waals surface area contributed by atoms with Crippen LogP contribution in [0.5, 0.6) is 5.75 Å². The molecule has 1 aliphatic heterocycles. The van der Waals surface area contributed by atoms with Crippen molar-refractivity contribution in [1.82, 2.24) is 4.31 Å². The van der Waals surface area contributed by atoms with Crippen LogP contribution in [-0.4, -0.2) is 44.6 Å². The first-order valence-electron chi connectivity index (χ1n) is 6.93. The van der Waals surface area contributed by atoms with Crippen molar-refractivity contribution in [3.05, 3.63) is 24.3 Å². The summed E-state index contributed by atoms with van der Waals surface area (Å²) in [6.45, 7) is 0.730. The minimum atomic E-state index is -3.18. The molecule has 21 heavy (non-hydrogen) atoms. The van der Waals surface area contributed by atoms with Crippen molar-refractivity contribution in [2.45, 2.75) is 19.3 Å². The first kappa shape index (κ1) is 15.8. The zero-order chi connectivity index (χ0) is 15.3. The second-order valence-electron chi connectivity index (χ2n) is 4.92. The lowest BCUT2D eigenvalue weighted by atomic mass is 10.2. The molecule has 1 aromatic carbocycles. The van der Waals surface area contributed by atoms with E-state index in [1.54, 1.807) is 18.2 Å². The van der Waals surface area contributed by atoms with Gasteiger partial charge >= 0.3 is 0 Å². The number of carbonyl (C=O) groups is 1. The number of nitrogens with zero attached hydrogens (tertiary/aromatic N) is 1. The lowest BCUT2D eigenvalue weighted by molar-refractivity contribution is -0.116. The molecule has 2 rings (SSSR count). The molecule has 116 valence electrons. The zero-order valence-corrected chi connectivity index (χ0v) is 12.9. The third-order valence-electron chi connectivity index (χ3n) is 3.42. The molecular weight excluding hydrogens is 292 g/mol. The quantitative estimate of drug-likeness (QED) is 0.893. The van der Waals surface area contributed by atoms with Crippen LogP contribution in [0.2, 0.25) is 0 Å². The largest absolute Gasteiger partial charge is 0.495 e. The number of carbonyl (C=O) groups excluding carboxylic acids is 1. The van der Waals surface area contributed by atoms with E-state index in [4.69, 9.17) is 4.74 Å². The molecular formula is C14H20N2O4S. The number of anilines is 1. The molecule has 0 aliphatic carbocycles. The fourth-order valence-electron chi connectivity index (χ4n) is 2.28. The van der Waals surface area contributed by atoms with Gasteiger partial charge in [-0.2, -0.15) is 0 Å². The third kappa shape index (κ3) is 4.18. The van der Waals surface area contributed by atoms with Gasteiger partial charge in [-0.25, -0.2) is 12.7 Å². The summed E-state index contributed by atoms with van der Waals surface area (Å²) >= 11 is 0. The van der Waals surface area contributed by atoms with Crippen molar-refractivity contribution < 1.29 is 17.9 Å². The minimum Gasteiger partial charge on any atom is -0.495 e. The monoisotopic (exact) mass is 312 g/mol. The first-order valence-corrected chi connectivity index (χ1v) is 8.54. The van der Waals surface area contributed by atoms with E-state index in [1.165, 1.54) is 11.4 Å². The van der Waals surface area contributed by atoms with Crippen LogP contribution in [0.25, 0.3) is 0 Å². The maximum absolute atomic E-state index is 11.9. The normalized spacial score (nSPS) is 18.1. The van der Waals surface area contributed by atoms with Gasteiger partial charge < -0.3 is 10.1 Å². The number of amides is 1. The van der Waals surface area contributed by atoms with Crippen LogP contribution in [0.3, 0.4) is 0 Å². The molecule has 1 N–H and O–H groups in total. The summed E-state index contributed by atoms with van der Waals surface area (Å²) in [4.78, 5) is 11.9. The lowest BCUT2D eigenvalue weighted by Gasteiger charge is -2.25. The van der Waals surface area contributed by atoms with Gasteiger partial charge in [0.2, 0.25) is 15.9 Å². The van der Waals surface area contributed by atoms with Gasteiger partial charge in [-0.15, -0.1) is 0 Å². The number of para-hydroxylation sites is 2. The van der Waals surface area contributed by atoms with Crippen molar-refractivity contribution in [3.8, 4) is 5.75 Å². The van der Waals surface area contributed by atoms with E-state index in [1.807, 2.05) is 6.07 Å². The van der Waals surface area contributed by atoms with E-state index < -0.39 is 10.0 Å². The highest BCUT2D eigenvalue weighted by Crippen LogP contribution is 2.23. The van der Waals surface area contributed by atoms with Crippen LogP contribution in [0.15, 0.2) is 24.3 Å². The van der Waals surface area contributed by atoms with Crippen molar-refractivity contribution in [3.63, 3.8) is 0 Å². The fraction of sp³-hybridized carbons (Fsp3) is 0.500. The lowest BCUT2D eigenvalue weighted by Crippen LogP contribution is -2.39. The van der Waals surface area contributed by atoms with E-state index >= 15 is 0 Å². The number of benzene rings is 1. The Morgan fingerprint density at radius 2 is 2.10 bits per heavy atom. The van der Waals surface area contributed by atoms with Crippen LogP contribution < -0.4 is 10.1 Å². The molecule has 0 saturated carbocycles. The Kier molecular flexibility index (Phi) is 5.19. The van der Waals surface area contributed by atoms with Gasteiger partial charge in [0.1, 0.15) is 5.75 Å². The van der Waals surface area contributed by atoms with Crippen LogP contribution in [0.4, 0.5) is 5.69 Å². The van der Waals surface area contributed by atoms with E-state index in [0.29, 0.717) is 24.4 Å². The van der Waals surface area contributed by atoms with Gasteiger partial charge in [0.25, 0.3) is 0 Å². The van der Waals surface area contributed by atoms with Gasteiger partial charge in [0, 0.05) is 19.5 Å². The molecule has 0 unspecified atom stereocenters. The SMILES string of the molecule is COc1ccccc1NC(=O)CCN1CCCCS1(=O)=O. The molecule has 0 atom stereocenters. The van der Waals surface area contributed by atoms with Crippen molar-refractivity contribution in [1.29, 1.82) is 0 Å². The molecule has 1 aliphatic rings. The fourth-order valence-corrected chi connectivity index (χ4v) is 3.88. The molecule has 1 aromatic rings. The second-order valence-corrected chi connectivity index (χ2v) is 7.01. The van der Waals surface area contributed by atoms with Crippen molar-refractivity contribution in [2.75, 3.05) is 31.3 Å². The molecule has 6 nitrogen and oxygen atoms in total. The van der Waals surface area contributed by atoms with Gasteiger partial charge in [-0.1, -0.05) is 12.1 Å². The Morgan fingerprint density at radius 1 is 1.33 bits per heavy atom. The molecule has 0 bridgehead atoms. The Hall–Kier alpha value is -1.60. The number of ether oxygens (including phenoxy) is 1. The van der Waals surface area contributed by atoms with Crippen LogP contribution >= 0.6 is 0 Å². The Morgan fingerprint density at radius 3 is 2.81 bits per heavy atom. The van der Waals surface area contributed by atoms with Gasteiger partial charge in [0.05, 0.1) is 18.6 Å². The van der Waals surface area contributed by atoms with Gasteiger partial charge in [-0.05, 0) is 25.0 Å². The highest BCUT2D eigenvalue weighted by molar-refractivity contribution is 7.89. The molecule has 0 spiro atoms. The van der Waals surface area contributed by atoms with Gasteiger partial charge in [0.15, 0.2) is 0 Å². The molecule has 1 fully saturated rings. The molecule has 7 heteroatoms. The maximum atomic E-state index is 11.9. The van der Waals surface area contributed by atoms with Crippen molar-refractivity contribution >= 4 is 21.6 Å². The predicted molar refractivity (Wildman–Crippen MR) is 80.8 cm³/mol. The number of hydrogen-bond acceptors (Lipinski definition) is 4. The Labute approximate surface area is 125 Å². The summed E-state index contributed by atoms with van der Waals surface area (Å²) < 4.78 is 30.2. The highest BCUT2D eigenvalue weighted by atomic mass is 32.2. The Balaban J connectivity index is 1.90. The second kappa shape index (κ2) is 6.91. The summed E-state index contributed by atoms with van der Waals surface area (Å²) in [6, 6.07) is 7.11. The molecule has 1 amide bonds. The standard InChI is InChI=1S/C14H20N2O4S/c1-20-13-7-3-2-6-12(13)15-14(17)8-10-16-9-4-5-11-21(16,18)19/h2-3,6-7H,4-5,8-11H2,1H3,(H,15,17).